The van der Waals surface area contributed by atoms with Gasteiger partial charge in [0.1, 0.15) is 0 Å². The Morgan fingerprint density at radius 3 is 1.32 bits per heavy atom. The third kappa shape index (κ3) is 8.35. The lowest BCUT2D eigenvalue weighted by atomic mass is 9.97. The molecule has 1 N–H and O–H groups in total. The summed E-state index contributed by atoms with van der Waals surface area (Å²) in [5.41, 5.74) is 0. The fraction of sp³-hybridized carbons (Fsp3) is 0.929. The van der Waals surface area contributed by atoms with Crippen LogP contribution in [-0.2, 0) is 4.79 Å². The van der Waals surface area contributed by atoms with Crippen molar-refractivity contribution < 1.29 is 9.90 Å². The second-order valence-electron chi connectivity index (χ2n) is 5.22. The SMILES string of the molecule is CCCCCCCC(=O)O.Cl[C@H]1[C@H](Cl)[C@@H](Cl)[C@@H](Cl)[C@H](Cl)[C@H]1Cl. The normalized spacial score (nSPS) is 34.7. The zero-order chi connectivity index (χ0) is 17.3. The number of carbonyl (C=O) groups is 1. The van der Waals surface area contributed by atoms with Crippen LogP contribution in [0.25, 0.3) is 0 Å². The van der Waals surface area contributed by atoms with Crippen LogP contribution in [0.1, 0.15) is 45.4 Å². The predicted molar refractivity (Wildman–Crippen MR) is 98.9 cm³/mol. The Morgan fingerprint density at radius 1 is 0.727 bits per heavy atom. The van der Waals surface area contributed by atoms with Crippen molar-refractivity contribution in [3.63, 3.8) is 0 Å². The molecule has 132 valence electrons. The van der Waals surface area contributed by atoms with Gasteiger partial charge in [0.15, 0.2) is 0 Å². The number of unbranched alkanes of at least 4 members (excludes halogenated alkanes) is 4. The lowest BCUT2D eigenvalue weighted by Gasteiger charge is -2.37. The number of hydrogen-bond acceptors (Lipinski definition) is 1. The highest BCUT2D eigenvalue weighted by Gasteiger charge is 2.46. The number of carboxylic acids is 1. The van der Waals surface area contributed by atoms with E-state index in [0.717, 1.165) is 12.8 Å². The van der Waals surface area contributed by atoms with Crippen LogP contribution >= 0.6 is 69.6 Å². The highest BCUT2D eigenvalue weighted by Crippen LogP contribution is 2.39. The molecule has 0 aliphatic heterocycles. The number of halogens is 6. The first kappa shape index (κ1) is 23.2. The van der Waals surface area contributed by atoms with Crippen LogP contribution in [0.3, 0.4) is 0 Å². The van der Waals surface area contributed by atoms with Gasteiger partial charge in [-0.2, -0.15) is 0 Å². The van der Waals surface area contributed by atoms with Crippen LogP contribution in [0.2, 0.25) is 0 Å². The van der Waals surface area contributed by atoms with Gasteiger partial charge in [-0.05, 0) is 6.42 Å². The summed E-state index contributed by atoms with van der Waals surface area (Å²) in [4.78, 5) is 10.0. The molecule has 0 radical (unpaired) electrons. The molecular formula is C14H22Cl6O2. The third-order valence-electron chi connectivity index (χ3n) is 3.32. The molecule has 0 bridgehead atoms. The molecule has 0 spiro atoms. The van der Waals surface area contributed by atoms with Crippen molar-refractivity contribution >= 4 is 75.6 Å². The van der Waals surface area contributed by atoms with Gasteiger partial charge in [0.2, 0.25) is 0 Å². The van der Waals surface area contributed by atoms with E-state index < -0.39 is 38.2 Å². The molecule has 0 aromatic heterocycles. The largest absolute Gasteiger partial charge is 0.481 e. The van der Waals surface area contributed by atoms with E-state index in [-0.39, 0.29) is 0 Å². The molecule has 2 nitrogen and oxygen atoms in total. The summed E-state index contributed by atoms with van der Waals surface area (Å²) in [7, 11) is 0. The van der Waals surface area contributed by atoms with Gasteiger partial charge in [0, 0.05) is 6.42 Å². The maximum Gasteiger partial charge on any atom is 0.303 e. The minimum atomic E-state index is -0.670. The third-order valence-corrected chi connectivity index (χ3v) is 7.35. The molecule has 1 aliphatic carbocycles. The highest BCUT2D eigenvalue weighted by atomic mass is 35.5. The van der Waals surface area contributed by atoms with Crippen molar-refractivity contribution in [1.82, 2.24) is 0 Å². The van der Waals surface area contributed by atoms with Crippen molar-refractivity contribution in [2.75, 3.05) is 0 Å². The van der Waals surface area contributed by atoms with Crippen LogP contribution in [0.5, 0.6) is 0 Å². The maximum absolute atomic E-state index is 10.0. The maximum atomic E-state index is 10.0. The van der Waals surface area contributed by atoms with Crippen LogP contribution in [-0.4, -0.2) is 43.3 Å². The quantitative estimate of drug-likeness (QED) is 0.406. The van der Waals surface area contributed by atoms with Gasteiger partial charge >= 0.3 is 5.97 Å². The smallest absolute Gasteiger partial charge is 0.303 e. The second kappa shape index (κ2) is 12.6. The number of rotatable bonds is 6. The molecule has 0 aromatic carbocycles. The van der Waals surface area contributed by atoms with E-state index in [1.54, 1.807) is 0 Å². The summed E-state index contributed by atoms with van der Waals surface area (Å²) in [5, 5.41) is 5.65. The Kier molecular flexibility index (Phi) is 13.2. The molecule has 0 heterocycles. The minimum absolute atomic E-state index is 0.337. The zero-order valence-corrected chi connectivity index (χ0v) is 16.9. The summed E-state index contributed by atoms with van der Waals surface area (Å²) >= 11 is 35.3. The molecule has 0 atom stereocenters. The number of carboxylic acid groups (broad SMARTS) is 1. The average molecular weight is 435 g/mol. The van der Waals surface area contributed by atoms with Crippen molar-refractivity contribution in [2.45, 2.75) is 77.7 Å². The Hall–Kier alpha value is 1.21. The molecule has 0 saturated heterocycles. The highest BCUT2D eigenvalue weighted by molar-refractivity contribution is 6.45. The standard InChI is InChI=1S/C8H16O2.C6H6Cl6/c1-2-3-4-5-6-7-8(9)10;7-1-2(8)4(10)6(12)5(11)3(1)9/h2-7H2,1H3,(H,9,10);1-6H/t;1-,2-,3-,4+,5+,6+. The number of hydrogen-bond donors (Lipinski definition) is 1. The van der Waals surface area contributed by atoms with Crippen molar-refractivity contribution in [1.29, 1.82) is 0 Å². The van der Waals surface area contributed by atoms with Crippen LogP contribution in [0, 0.1) is 0 Å². The summed E-state index contributed by atoms with van der Waals surface area (Å²) in [5.74, 6) is -0.670. The van der Waals surface area contributed by atoms with E-state index in [2.05, 4.69) is 6.92 Å². The molecule has 1 fully saturated rings. The molecule has 1 saturated carbocycles. The minimum Gasteiger partial charge on any atom is -0.481 e. The molecular weight excluding hydrogens is 413 g/mol. The topological polar surface area (TPSA) is 37.3 Å². The van der Waals surface area contributed by atoms with Gasteiger partial charge in [-0.3, -0.25) is 4.79 Å². The first-order chi connectivity index (χ1) is 10.2. The van der Waals surface area contributed by atoms with E-state index in [1.165, 1.54) is 19.3 Å². The monoisotopic (exact) mass is 432 g/mol. The average Bonchev–Trinajstić information content (AvgIpc) is 2.49. The molecule has 22 heavy (non-hydrogen) atoms. The molecule has 0 amide bonds. The van der Waals surface area contributed by atoms with Crippen LogP contribution < -0.4 is 0 Å². The molecule has 1 rings (SSSR count). The Morgan fingerprint density at radius 2 is 1.05 bits per heavy atom. The van der Waals surface area contributed by atoms with E-state index in [4.69, 9.17) is 74.7 Å². The van der Waals surface area contributed by atoms with Gasteiger partial charge in [-0.25, -0.2) is 0 Å². The summed E-state index contributed by atoms with van der Waals surface area (Å²) < 4.78 is 0. The van der Waals surface area contributed by atoms with Gasteiger partial charge in [-0.15, -0.1) is 69.6 Å². The van der Waals surface area contributed by atoms with Gasteiger partial charge in [-0.1, -0.05) is 32.6 Å². The molecule has 0 unspecified atom stereocenters. The van der Waals surface area contributed by atoms with E-state index in [1.807, 2.05) is 0 Å². The first-order valence-electron chi connectivity index (χ1n) is 7.30. The van der Waals surface area contributed by atoms with Crippen LogP contribution in [0.4, 0.5) is 0 Å². The summed E-state index contributed by atoms with van der Waals surface area (Å²) in [6.45, 7) is 2.15. The van der Waals surface area contributed by atoms with Gasteiger partial charge in [0.05, 0.1) is 32.3 Å². The van der Waals surface area contributed by atoms with Crippen molar-refractivity contribution in [3.8, 4) is 0 Å². The molecule has 8 heteroatoms. The summed E-state index contributed by atoms with van der Waals surface area (Å²) in [6, 6.07) is 0. The number of aliphatic carboxylic acids is 1. The fourth-order valence-corrected chi connectivity index (χ4v) is 4.26. The van der Waals surface area contributed by atoms with Gasteiger partial charge in [0.25, 0.3) is 0 Å². The zero-order valence-electron chi connectivity index (χ0n) is 12.3. The van der Waals surface area contributed by atoms with E-state index in [0.29, 0.717) is 6.42 Å². The van der Waals surface area contributed by atoms with Crippen molar-refractivity contribution in [2.24, 2.45) is 0 Å². The Bertz CT molecular complexity index is 259. The Balaban J connectivity index is 0.000000409. The number of alkyl halides is 6. The predicted octanol–water partition coefficient (Wildman–Crippen LogP) is 6.08. The lowest BCUT2D eigenvalue weighted by Crippen LogP contribution is -2.52. The van der Waals surface area contributed by atoms with Crippen LogP contribution in [0.15, 0.2) is 0 Å². The van der Waals surface area contributed by atoms with E-state index in [9.17, 15) is 4.79 Å². The Labute approximate surface area is 162 Å². The lowest BCUT2D eigenvalue weighted by molar-refractivity contribution is -0.137. The fourth-order valence-electron chi connectivity index (χ4n) is 1.93. The summed E-state index contributed by atoms with van der Waals surface area (Å²) in [6.07, 6.45) is 5.88. The van der Waals surface area contributed by atoms with Gasteiger partial charge < -0.3 is 5.11 Å². The molecule has 1 aliphatic rings. The first-order valence-corrected chi connectivity index (χ1v) is 9.92. The second-order valence-corrected chi connectivity index (χ2v) is 8.25. The van der Waals surface area contributed by atoms with E-state index >= 15 is 0 Å². The molecule has 0 aromatic rings. The van der Waals surface area contributed by atoms with Crippen molar-refractivity contribution in [3.05, 3.63) is 0 Å².